The van der Waals surface area contributed by atoms with Crippen molar-refractivity contribution < 1.29 is 13.9 Å². The number of ether oxygens (including phenoxy) is 1. The Kier molecular flexibility index (Phi) is 3.76. The molecule has 0 aromatic heterocycles. The highest BCUT2D eigenvalue weighted by Crippen LogP contribution is 2.42. The van der Waals surface area contributed by atoms with E-state index in [4.69, 9.17) is 4.74 Å². The monoisotopic (exact) mass is 314 g/mol. The first-order valence-electron chi connectivity index (χ1n) is 6.16. The number of halogens is 2. The lowest BCUT2D eigenvalue weighted by Crippen LogP contribution is -2.33. The van der Waals surface area contributed by atoms with Crippen molar-refractivity contribution in [2.75, 3.05) is 0 Å². The topological polar surface area (TPSA) is 26.3 Å². The van der Waals surface area contributed by atoms with Crippen LogP contribution in [-0.2, 0) is 21.6 Å². The second-order valence-electron chi connectivity index (χ2n) is 4.73. The zero-order valence-corrected chi connectivity index (χ0v) is 12.1. The van der Waals surface area contributed by atoms with E-state index in [1.165, 1.54) is 0 Å². The highest BCUT2D eigenvalue weighted by molar-refractivity contribution is 9.10. The Balaban J connectivity index is 2.27. The lowest BCUT2D eigenvalue weighted by molar-refractivity contribution is -0.163. The highest BCUT2D eigenvalue weighted by atomic mass is 79.9. The van der Waals surface area contributed by atoms with Crippen LogP contribution in [0.5, 0.6) is 0 Å². The van der Waals surface area contributed by atoms with Crippen LogP contribution in [0.2, 0.25) is 0 Å². The third-order valence-corrected chi connectivity index (χ3v) is 3.93. The van der Waals surface area contributed by atoms with Crippen molar-refractivity contribution in [1.29, 1.82) is 0 Å². The third kappa shape index (κ3) is 2.30. The molecule has 2 unspecified atom stereocenters. The van der Waals surface area contributed by atoms with Crippen molar-refractivity contribution in [1.82, 2.24) is 0 Å². The number of esters is 1. The summed E-state index contributed by atoms with van der Waals surface area (Å²) in [5, 5.41) is 0. The molecule has 2 atom stereocenters. The zero-order chi connectivity index (χ0) is 13.3. The number of fused-ring (bicyclic) bond motifs is 1. The Labute approximate surface area is 115 Å². The molecule has 0 spiro atoms. The van der Waals surface area contributed by atoms with Gasteiger partial charge in [0.15, 0.2) is 0 Å². The van der Waals surface area contributed by atoms with Crippen LogP contribution < -0.4 is 0 Å². The fourth-order valence-corrected chi connectivity index (χ4v) is 2.58. The molecule has 0 fully saturated rings. The average molecular weight is 315 g/mol. The molecular formula is C14H16BrFO2. The first-order chi connectivity index (χ1) is 8.47. The van der Waals surface area contributed by atoms with Crippen LogP contribution in [0.1, 0.15) is 37.8 Å². The number of carbonyl (C=O) groups excluding carboxylic acids is 1. The largest absolute Gasteiger partial charge is 0.460 e. The summed E-state index contributed by atoms with van der Waals surface area (Å²) in [4.78, 5) is 12.0. The van der Waals surface area contributed by atoms with E-state index in [1.807, 2.05) is 13.0 Å². The molecule has 2 rings (SSSR count). The molecule has 0 saturated heterocycles. The van der Waals surface area contributed by atoms with Gasteiger partial charge < -0.3 is 4.74 Å². The van der Waals surface area contributed by atoms with Crippen molar-refractivity contribution in [2.24, 2.45) is 0 Å². The molecule has 0 N–H and O–H groups in total. The summed E-state index contributed by atoms with van der Waals surface area (Å²) in [6.45, 7) is 3.68. The van der Waals surface area contributed by atoms with Crippen LogP contribution >= 0.6 is 15.9 Å². The van der Waals surface area contributed by atoms with Gasteiger partial charge in [0.2, 0.25) is 5.67 Å². The molecule has 0 heterocycles. The van der Waals surface area contributed by atoms with E-state index >= 15 is 0 Å². The predicted molar refractivity (Wildman–Crippen MR) is 71.1 cm³/mol. The van der Waals surface area contributed by atoms with Crippen LogP contribution in [0.3, 0.4) is 0 Å². The van der Waals surface area contributed by atoms with Crippen LogP contribution in [-0.4, -0.2) is 12.1 Å². The minimum Gasteiger partial charge on any atom is -0.460 e. The molecule has 0 amide bonds. The number of hydrogen-bond acceptors (Lipinski definition) is 2. The second-order valence-corrected chi connectivity index (χ2v) is 5.64. The van der Waals surface area contributed by atoms with Crippen molar-refractivity contribution in [3.8, 4) is 0 Å². The molecular weight excluding hydrogens is 299 g/mol. The first-order valence-corrected chi connectivity index (χ1v) is 6.95. The number of alkyl halides is 1. The molecule has 4 heteroatoms. The number of aryl methyl sites for hydroxylation is 1. The standard InChI is InChI=1S/C14H16BrFO2/c1-3-9(2)18-13(17)14(16)7-6-10-8-11(15)4-5-12(10)14/h4-5,8-9H,3,6-7H2,1-2H3. The van der Waals surface area contributed by atoms with E-state index in [9.17, 15) is 9.18 Å². The summed E-state index contributed by atoms with van der Waals surface area (Å²) >= 11 is 3.35. The van der Waals surface area contributed by atoms with Crippen LogP contribution in [0.15, 0.2) is 22.7 Å². The van der Waals surface area contributed by atoms with Crippen molar-refractivity contribution >= 4 is 21.9 Å². The molecule has 0 bridgehead atoms. The normalized spacial score (nSPS) is 23.6. The van der Waals surface area contributed by atoms with Gasteiger partial charge in [0, 0.05) is 16.5 Å². The summed E-state index contributed by atoms with van der Waals surface area (Å²) in [6.07, 6.45) is 1.19. The Morgan fingerprint density at radius 1 is 1.61 bits per heavy atom. The molecule has 98 valence electrons. The smallest absolute Gasteiger partial charge is 0.348 e. The summed E-state index contributed by atoms with van der Waals surface area (Å²) in [7, 11) is 0. The molecule has 18 heavy (non-hydrogen) atoms. The predicted octanol–water partition coefficient (Wildman–Crippen LogP) is 3.90. The molecule has 1 aliphatic carbocycles. The maximum Gasteiger partial charge on any atom is 0.348 e. The van der Waals surface area contributed by atoms with Gasteiger partial charge in [0.05, 0.1) is 6.10 Å². The van der Waals surface area contributed by atoms with Crippen LogP contribution in [0.4, 0.5) is 4.39 Å². The van der Waals surface area contributed by atoms with Gasteiger partial charge in [-0.3, -0.25) is 0 Å². The summed E-state index contributed by atoms with van der Waals surface area (Å²) < 4.78 is 20.9. The van der Waals surface area contributed by atoms with Gasteiger partial charge in [-0.2, -0.15) is 0 Å². The molecule has 1 aliphatic rings. The SMILES string of the molecule is CCC(C)OC(=O)C1(F)CCc2cc(Br)ccc21. The number of rotatable bonds is 3. The third-order valence-electron chi connectivity index (χ3n) is 3.44. The summed E-state index contributed by atoms with van der Waals surface area (Å²) in [5.74, 6) is -0.752. The van der Waals surface area contributed by atoms with Gasteiger partial charge >= 0.3 is 5.97 Å². The van der Waals surface area contributed by atoms with Gasteiger partial charge in [-0.05, 0) is 37.5 Å². The molecule has 1 aromatic carbocycles. The Morgan fingerprint density at radius 3 is 3.00 bits per heavy atom. The highest BCUT2D eigenvalue weighted by Gasteiger charge is 2.47. The van der Waals surface area contributed by atoms with Crippen molar-refractivity contribution in [3.63, 3.8) is 0 Å². The quantitative estimate of drug-likeness (QED) is 0.791. The van der Waals surface area contributed by atoms with Crippen LogP contribution in [0.25, 0.3) is 0 Å². The van der Waals surface area contributed by atoms with Crippen molar-refractivity contribution in [2.45, 2.75) is 44.9 Å². The van der Waals surface area contributed by atoms with Gasteiger partial charge in [0.25, 0.3) is 0 Å². The van der Waals surface area contributed by atoms with Gasteiger partial charge in [-0.15, -0.1) is 0 Å². The van der Waals surface area contributed by atoms with Crippen LogP contribution in [0, 0.1) is 0 Å². The van der Waals surface area contributed by atoms with Gasteiger partial charge in [-0.25, -0.2) is 9.18 Å². The molecule has 1 aromatic rings. The minimum atomic E-state index is -1.97. The lowest BCUT2D eigenvalue weighted by atomic mass is 9.98. The first kappa shape index (κ1) is 13.5. The zero-order valence-electron chi connectivity index (χ0n) is 10.5. The fraction of sp³-hybridized carbons (Fsp3) is 0.500. The van der Waals surface area contributed by atoms with E-state index < -0.39 is 11.6 Å². The number of benzene rings is 1. The fourth-order valence-electron chi connectivity index (χ4n) is 2.17. The van der Waals surface area contributed by atoms with Gasteiger partial charge in [-0.1, -0.05) is 28.9 Å². The van der Waals surface area contributed by atoms with Gasteiger partial charge in [0.1, 0.15) is 0 Å². The van der Waals surface area contributed by atoms with Crippen molar-refractivity contribution in [3.05, 3.63) is 33.8 Å². The molecule has 2 nitrogen and oxygen atoms in total. The second kappa shape index (κ2) is 5.00. The maximum atomic E-state index is 14.8. The van der Waals surface area contributed by atoms with E-state index in [2.05, 4.69) is 15.9 Å². The average Bonchev–Trinajstić information content (AvgIpc) is 2.67. The molecule has 0 saturated carbocycles. The van der Waals surface area contributed by atoms with E-state index in [0.717, 1.165) is 10.0 Å². The summed E-state index contributed by atoms with van der Waals surface area (Å²) in [5.41, 5.74) is -0.633. The summed E-state index contributed by atoms with van der Waals surface area (Å²) in [6, 6.07) is 5.30. The minimum absolute atomic E-state index is 0.175. The number of carbonyl (C=O) groups is 1. The van der Waals surface area contributed by atoms with E-state index in [0.29, 0.717) is 18.4 Å². The number of hydrogen-bond donors (Lipinski definition) is 0. The lowest BCUT2D eigenvalue weighted by Gasteiger charge is -2.21. The Bertz CT molecular complexity index is 475. The molecule has 0 radical (unpaired) electrons. The van der Waals surface area contributed by atoms with E-state index in [-0.39, 0.29) is 12.5 Å². The Hall–Kier alpha value is -0.900. The van der Waals surface area contributed by atoms with E-state index in [1.54, 1.807) is 19.1 Å². The molecule has 0 aliphatic heterocycles. The Morgan fingerprint density at radius 2 is 2.33 bits per heavy atom. The maximum absolute atomic E-state index is 14.8.